The van der Waals surface area contributed by atoms with Crippen molar-refractivity contribution in [1.29, 1.82) is 0 Å². The van der Waals surface area contributed by atoms with Crippen molar-refractivity contribution in [3.8, 4) is 0 Å². The van der Waals surface area contributed by atoms with Gasteiger partial charge in [0, 0.05) is 0 Å². The minimum atomic E-state index is -0.269. The molecule has 0 aliphatic heterocycles. The van der Waals surface area contributed by atoms with Crippen molar-refractivity contribution < 1.29 is 5.11 Å². The highest BCUT2D eigenvalue weighted by Crippen LogP contribution is 2.17. The predicted octanol–water partition coefficient (Wildman–Crippen LogP) is 7.60. The first-order chi connectivity index (χ1) is 10.9. The molecule has 0 amide bonds. The van der Waals surface area contributed by atoms with E-state index in [-0.39, 0.29) is 6.10 Å². The molecule has 1 nitrogen and oxygen atoms in total. The maximum atomic E-state index is 11.9. The summed E-state index contributed by atoms with van der Waals surface area (Å²) in [4.78, 5) is 0. The van der Waals surface area contributed by atoms with Crippen molar-refractivity contribution in [3.63, 3.8) is 0 Å². The van der Waals surface area contributed by atoms with Gasteiger partial charge in [-0.15, -0.1) is 0 Å². The lowest BCUT2D eigenvalue weighted by Crippen LogP contribution is -2.04. The van der Waals surface area contributed by atoms with E-state index in [2.05, 4.69) is 0 Å². The summed E-state index contributed by atoms with van der Waals surface area (Å²) < 4.78 is 0. The Morgan fingerprint density at radius 1 is 0.318 bits per heavy atom. The molecule has 0 heterocycles. The van der Waals surface area contributed by atoms with E-state index in [9.17, 15) is 5.11 Å². The maximum Gasteiger partial charge on any atom is 0.0930 e. The van der Waals surface area contributed by atoms with Crippen LogP contribution in [0.2, 0.25) is 0 Å². The first kappa shape index (κ1) is 20.0. The van der Waals surface area contributed by atoms with E-state index in [1.807, 2.05) is 0 Å². The molecule has 0 atom stereocenters. The molecule has 1 heteroatoms. The molecule has 1 rings (SSSR count). The van der Waals surface area contributed by atoms with Gasteiger partial charge < -0.3 is 0 Å². The number of rotatable bonds is 0. The van der Waals surface area contributed by atoms with Gasteiger partial charge >= 0.3 is 0 Å². The van der Waals surface area contributed by atoms with Crippen LogP contribution in [0.5, 0.6) is 0 Å². The van der Waals surface area contributed by atoms with E-state index in [4.69, 9.17) is 0 Å². The van der Waals surface area contributed by atoms with Crippen LogP contribution in [0.4, 0.5) is 0 Å². The van der Waals surface area contributed by atoms with Gasteiger partial charge in [0.15, 0.2) is 0 Å². The summed E-state index contributed by atoms with van der Waals surface area (Å²) in [7, 11) is 0. The van der Waals surface area contributed by atoms with Crippen LogP contribution in [-0.2, 0) is 5.11 Å². The zero-order valence-electron chi connectivity index (χ0n) is 15.1. The Balaban J connectivity index is 2.08. The minimum Gasteiger partial charge on any atom is -0.233 e. The fraction of sp³-hybridized carbons (Fsp3) is 1.00. The summed E-state index contributed by atoms with van der Waals surface area (Å²) in [5, 5.41) is 11.9. The summed E-state index contributed by atoms with van der Waals surface area (Å²) in [6.45, 7) is 0. The number of hydrogen-bond acceptors (Lipinski definition) is 0. The standard InChI is InChI=1S/C21H41O/c22-21-19-17-15-13-11-9-7-5-3-1-2-4-6-8-10-12-14-16-18-20-21/h21H,1-20H2. The predicted molar refractivity (Wildman–Crippen MR) is 96.8 cm³/mol. The van der Waals surface area contributed by atoms with E-state index in [1.165, 1.54) is 116 Å². The smallest absolute Gasteiger partial charge is 0.0930 e. The third kappa shape index (κ3) is 13.6. The van der Waals surface area contributed by atoms with Crippen LogP contribution in [-0.4, -0.2) is 6.10 Å². The molecule has 0 aromatic heterocycles. The topological polar surface area (TPSA) is 19.9 Å². The van der Waals surface area contributed by atoms with Crippen LogP contribution in [0.3, 0.4) is 0 Å². The van der Waals surface area contributed by atoms with Crippen molar-refractivity contribution in [2.75, 3.05) is 0 Å². The molecule has 0 N–H and O–H groups in total. The van der Waals surface area contributed by atoms with Gasteiger partial charge in [0.2, 0.25) is 0 Å². The fourth-order valence-electron chi connectivity index (χ4n) is 3.72. The molecule has 1 fully saturated rings. The molecule has 0 aromatic rings. The Labute approximate surface area is 140 Å². The van der Waals surface area contributed by atoms with Crippen LogP contribution in [0.1, 0.15) is 128 Å². The lowest BCUT2D eigenvalue weighted by atomic mass is 10.0. The highest BCUT2D eigenvalue weighted by Gasteiger charge is 2.05. The van der Waals surface area contributed by atoms with Gasteiger partial charge in [-0.25, -0.2) is 5.11 Å². The first-order valence-electron chi connectivity index (χ1n) is 10.6. The van der Waals surface area contributed by atoms with E-state index < -0.39 is 0 Å². The summed E-state index contributed by atoms with van der Waals surface area (Å²) in [6, 6.07) is 0. The van der Waals surface area contributed by atoms with Crippen LogP contribution in [0.25, 0.3) is 0 Å². The largest absolute Gasteiger partial charge is 0.233 e. The number of hydrogen-bond donors (Lipinski definition) is 0. The van der Waals surface area contributed by atoms with Gasteiger partial charge in [-0.2, -0.15) is 0 Å². The summed E-state index contributed by atoms with van der Waals surface area (Å²) in [5.74, 6) is 0. The zero-order chi connectivity index (χ0) is 15.7. The normalized spacial score (nSPS) is 24.4. The summed E-state index contributed by atoms with van der Waals surface area (Å²) in [5.41, 5.74) is 0. The molecule has 0 bridgehead atoms. The summed E-state index contributed by atoms with van der Waals surface area (Å²) in [6.07, 6.45) is 26.5. The molecular formula is C21H41O. The zero-order valence-corrected chi connectivity index (χ0v) is 15.1. The van der Waals surface area contributed by atoms with Gasteiger partial charge in [-0.3, -0.25) is 0 Å². The van der Waals surface area contributed by atoms with E-state index in [0.29, 0.717) is 0 Å². The van der Waals surface area contributed by atoms with Gasteiger partial charge in [0.25, 0.3) is 0 Å². The quantitative estimate of drug-likeness (QED) is 0.439. The third-order valence-electron chi connectivity index (χ3n) is 5.30. The summed E-state index contributed by atoms with van der Waals surface area (Å²) >= 11 is 0. The second-order valence-electron chi connectivity index (χ2n) is 7.56. The third-order valence-corrected chi connectivity index (χ3v) is 5.30. The molecular weight excluding hydrogens is 268 g/mol. The molecule has 22 heavy (non-hydrogen) atoms. The Morgan fingerprint density at radius 3 is 0.727 bits per heavy atom. The fourth-order valence-corrected chi connectivity index (χ4v) is 3.72. The average molecular weight is 310 g/mol. The van der Waals surface area contributed by atoms with Crippen LogP contribution in [0.15, 0.2) is 0 Å². The molecule has 0 spiro atoms. The molecule has 0 unspecified atom stereocenters. The Kier molecular flexibility index (Phi) is 14.4. The molecule has 131 valence electrons. The van der Waals surface area contributed by atoms with Crippen molar-refractivity contribution in [2.45, 2.75) is 135 Å². The molecule has 1 aliphatic carbocycles. The van der Waals surface area contributed by atoms with Gasteiger partial charge in [-0.1, -0.05) is 116 Å². The van der Waals surface area contributed by atoms with E-state index in [1.54, 1.807) is 0 Å². The van der Waals surface area contributed by atoms with Gasteiger partial charge in [0.1, 0.15) is 0 Å². The minimum absolute atomic E-state index is 0.269. The Bertz CT molecular complexity index is 192. The first-order valence-corrected chi connectivity index (χ1v) is 10.6. The molecule has 1 saturated carbocycles. The highest BCUT2D eigenvalue weighted by molar-refractivity contribution is 4.58. The lowest BCUT2D eigenvalue weighted by molar-refractivity contribution is 0.0688. The van der Waals surface area contributed by atoms with Crippen molar-refractivity contribution in [1.82, 2.24) is 0 Å². The van der Waals surface area contributed by atoms with E-state index in [0.717, 1.165) is 12.8 Å². The van der Waals surface area contributed by atoms with Crippen LogP contribution >= 0.6 is 0 Å². The second-order valence-corrected chi connectivity index (χ2v) is 7.56. The van der Waals surface area contributed by atoms with E-state index >= 15 is 0 Å². The Morgan fingerprint density at radius 2 is 0.500 bits per heavy atom. The van der Waals surface area contributed by atoms with Crippen molar-refractivity contribution >= 4 is 0 Å². The molecule has 0 aromatic carbocycles. The van der Waals surface area contributed by atoms with Crippen LogP contribution < -0.4 is 0 Å². The van der Waals surface area contributed by atoms with Gasteiger partial charge in [0.05, 0.1) is 6.10 Å². The molecule has 0 saturated heterocycles. The van der Waals surface area contributed by atoms with Gasteiger partial charge in [-0.05, 0) is 12.8 Å². The van der Waals surface area contributed by atoms with Crippen molar-refractivity contribution in [2.24, 2.45) is 0 Å². The highest BCUT2D eigenvalue weighted by atomic mass is 16.3. The molecule has 1 radical (unpaired) electrons. The van der Waals surface area contributed by atoms with Crippen molar-refractivity contribution in [3.05, 3.63) is 0 Å². The maximum absolute atomic E-state index is 11.9. The SMILES string of the molecule is [O]C1CCCCCCCCCCCCCCCCCCCC1. The average Bonchev–Trinajstić information content (AvgIpc) is 2.52. The monoisotopic (exact) mass is 309 g/mol. The van der Waals surface area contributed by atoms with Crippen LogP contribution in [0, 0.1) is 0 Å². The lowest BCUT2D eigenvalue weighted by Gasteiger charge is -2.08. The second kappa shape index (κ2) is 15.8. The Hall–Kier alpha value is -0.0400. The molecule has 1 aliphatic rings.